The van der Waals surface area contributed by atoms with E-state index < -0.39 is 0 Å². The topological polar surface area (TPSA) is 21.6 Å². The molecule has 0 atom stereocenters. The molecule has 1 aliphatic rings. The molecule has 1 heterocycles. The Bertz CT molecular complexity index is 344. The molecule has 0 radical (unpaired) electrons. The van der Waals surface area contributed by atoms with Gasteiger partial charge in [0.15, 0.2) is 5.90 Å². The zero-order valence-corrected chi connectivity index (χ0v) is 15.3. The Morgan fingerprint density at radius 1 is 0.826 bits per heavy atom. The monoisotopic (exact) mass is 319 g/mol. The van der Waals surface area contributed by atoms with Gasteiger partial charge in [0.2, 0.25) is 0 Å². The van der Waals surface area contributed by atoms with Gasteiger partial charge in [-0.15, -0.1) is 0 Å². The molecule has 23 heavy (non-hydrogen) atoms. The maximum Gasteiger partial charge on any atom is 0.183 e. The Balaban J connectivity index is 1.76. The summed E-state index contributed by atoms with van der Waals surface area (Å²) in [6.45, 7) is 3.93. The van der Waals surface area contributed by atoms with Gasteiger partial charge in [-0.3, -0.25) is 4.99 Å². The first-order chi connectivity index (χ1) is 11.4. The summed E-state index contributed by atoms with van der Waals surface area (Å²) >= 11 is 0. The predicted molar refractivity (Wildman–Crippen MR) is 102 cm³/mol. The summed E-state index contributed by atoms with van der Waals surface area (Å²) in [5.41, 5.74) is 0. The summed E-state index contributed by atoms with van der Waals surface area (Å²) in [4.78, 5) is 4.33. The first-order valence-electron chi connectivity index (χ1n) is 9.89. The largest absolute Gasteiger partial charge is 0.479 e. The molecule has 0 aromatic carbocycles. The maximum atomic E-state index is 5.41. The van der Waals surface area contributed by atoms with Gasteiger partial charge in [-0.2, -0.15) is 0 Å². The maximum absolute atomic E-state index is 5.41. The zero-order valence-electron chi connectivity index (χ0n) is 15.3. The van der Waals surface area contributed by atoms with Gasteiger partial charge < -0.3 is 4.74 Å². The second kappa shape index (κ2) is 15.8. The molecule has 0 aromatic heterocycles. The van der Waals surface area contributed by atoms with Gasteiger partial charge in [0.25, 0.3) is 0 Å². The standard InChI is InChI=1S/C21H37NO/c1-2-3-4-5-6-7-8-9-10-11-12-13-14-15-16-17-18-21-22-19-20-23-21/h6-7,9-10H,2-5,8,11-20H2,1H3/b7-6-,10-9-. The molecule has 0 saturated heterocycles. The third-order valence-electron chi connectivity index (χ3n) is 4.24. The Morgan fingerprint density at radius 2 is 1.48 bits per heavy atom. The van der Waals surface area contributed by atoms with Gasteiger partial charge in [0.05, 0.1) is 6.54 Å². The van der Waals surface area contributed by atoms with E-state index >= 15 is 0 Å². The molecule has 0 aliphatic carbocycles. The van der Waals surface area contributed by atoms with Crippen LogP contribution in [0.5, 0.6) is 0 Å². The molecule has 0 bridgehead atoms. The minimum absolute atomic E-state index is 0.803. The molecule has 0 N–H and O–H groups in total. The number of unbranched alkanes of at least 4 members (excludes halogenated alkanes) is 9. The van der Waals surface area contributed by atoms with Crippen LogP contribution in [0.4, 0.5) is 0 Å². The van der Waals surface area contributed by atoms with E-state index in [4.69, 9.17) is 4.74 Å². The van der Waals surface area contributed by atoms with Crippen molar-refractivity contribution < 1.29 is 4.74 Å². The summed E-state index contributed by atoms with van der Waals surface area (Å²) in [7, 11) is 0. The molecule has 0 amide bonds. The Labute approximate surface area is 144 Å². The molecule has 1 rings (SSSR count). The van der Waals surface area contributed by atoms with Crippen LogP contribution >= 0.6 is 0 Å². The molecule has 0 aromatic rings. The molecule has 2 nitrogen and oxygen atoms in total. The second-order valence-electron chi connectivity index (χ2n) is 6.46. The van der Waals surface area contributed by atoms with Crippen molar-refractivity contribution in [1.29, 1.82) is 0 Å². The smallest absolute Gasteiger partial charge is 0.183 e. The minimum atomic E-state index is 0.803. The average Bonchev–Trinajstić information content (AvgIpc) is 3.08. The molecule has 132 valence electrons. The van der Waals surface area contributed by atoms with Crippen LogP contribution in [0.15, 0.2) is 29.3 Å². The van der Waals surface area contributed by atoms with Gasteiger partial charge in [-0.25, -0.2) is 0 Å². The number of allylic oxidation sites excluding steroid dienone is 4. The quantitative estimate of drug-likeness (QED) is 0.245. The van der Waals surface area contributed by atoms with Gasteiger partial charge in [0, 0.05) is 6.42 Å². The summed E-state index contributed by atoms with van der Waals surface area (Å²) < 4.78 is 5.41. The second-order valence-corrected chi connectivity index (χ2v) is 6.46. The molecule has 0 fully saturated rings. The lowest BCUT2D eigenvalue weighted by Gasteiger charge is -2.02. The molecule has 1 aliphatic heterocycles. The molecular formula is C21H37NO. The highest BCUT2D eigenvalue weighted by molar-refractivity contribution is 5.77. The summed E-state index contributed by atoms with van der Waals surface area (Å²) in [5.74, 6) is 0.995. The fourth-order valence-corrected chi connectivity index (χ4v) is 2.80. The van der Waals surface area contributed by atoms with Crippen LogP contribution in [-0.4, -0.2) is 19.0 Å². The van der Waals surface area contributed by atoms with E-state index in [-0.39, 0.29) is 0 Å². The number of nitrogens with zero attached hydrogens (tertiary/aromatic N) is 1. The molecular weight excluding hydrogens is 282 g/mol. The average molecular weight is 320 g/mol. The number of rotatable bonds is 15. The van der Waals surface area contributed by atoms with Crippen molar-refractivity contribution in [2.45, 2.75) is 90.4 Å². The van der Waals surface area contributed by atoms with Crippen LogP contribution in [0.1, 0.15) is 90.4 Å². The van der Waals surface area contributed by atoms with Gasteiger partial charge >= 0.3 is 0 Å². The van der Waals surface area contributed by atoms with Crippen molar-refractivity contribution in [2.75, 3.05) is 13.2 Å². The third-order valence-corrected chi connectivity index (χ3v) is 4.24. The molecule has 2 heteroatoms. The van der Waals surface area contributed by atoms with Crippen molar-refractivity contribution in [3.05, 3.63) is 24.3 Å². The number of hydrogen-bond acceptors (Lipinski definition) is 2. The van der Waals surface area contributed by atoms with Crippen LogP contribution in [0, 0.1) is 0 Å². The highest BCUT2D eigenvalue weighted by atomic mass is 16.5. The van der Waals surface area contributed by atoms with E-state index in [1.54, 1.807) is 0 Å². The van der Waals surface area contributed by atoms with Crippen molar-refractivity contribution in [1.82, 2.24) is 0 Å². The van der Waals surface area contributed by atoms with Crippen molar-refractivity contribution in [3.8, 4) is 0 Å². The number of ether oxygens (including phenoxy) is 1. The van der Waals surface area contributed by atoms with Gasteiger partial charge in [-0.1, -0.05) is 69.8 Å². The Morgan fingerprint density at radius 3 is 2.13 bits per heavy atom. The van der Waals surface area contributed by atoms with Crippen molar-refractivity contribution in [2.24, 2.45) is 4.99 Å². The highest BCUT2D eigenvalue weighted by Gasteiger charge is 2.05. The molecule has 0 unspecified atom stereocenters. The van der Waals surface area contributed by atoms with Crippen LogP contribution in [0.2, 0.25) is 0 Å². The van der Waals surface area contributed by atoms with Crippen molar-refractivity contribution >= 4 is 5.90 Å². The number of aliphatic imine (C=N–C) groups is 1. The van der Waals surface area contributed by atoms with E-state index in [0.717, 1.165) is 31.9 Å². The predicted octanol–water partition coefficient (Wildman–Crippen LogP) is 6.62. The Kier molecular flexibility index (Phi) is 13.8. The van der Waals surface area contributed by atoms with E-state index in [2.05, 4.69) is 36.2 Å². The normalized spacial score (nSPS) is 14.7. The van der Waals surface area contributed by atoms with Crippen LogP contribution < -0.4 is 0 Å². The molecule has 0 spiro atoms. The van der Waals surface area contributed by atoms with E-state index in [1.807, 2.05) is 0 Å². The minimum Gasteiger partial charge on any atom is -0.479 e. The fraction of sp³-hybridized carbons (Fsp3) is 0.762. The SMILES string of the molecule is CCCCC/C=C\C/C=C\CCCCCCCCC1=NCCO1. The van der Waals surface area contributed by atoms with Crippen molar-refractivity contribution in [3.63, 3.8) is 0 Å². The van der Waals surface area contributed by atoms with E-state index in [9.17, 15) is 0 Å². The lowest BCUT2D eigenvalue weighted by atomic mass is 10.1. The summed E-state index contributed by atoms with van der Waals surface area (Å²) in [6.07, 6.45) is 26.0. The zero-order chi connectivity index (χ0) is 16.4. The lowest BCUT2D eigenvalue weighted by Crippen LogP contribution is -1.98. The Hall–Kier alpha value is -1.05. The van der Waals surface area contributed by atoms with Gasteiger partial charge in [0.1, 0.15) is 6.61 Å². The first kappa shape index (κ1) is 20.0. The van der Waals surface area contributed by atoms with Gasteiger partial charge in [-0.05, 0) is 38.5 Å². The van der Waals surface area contributed by atoms with Crippen LogP contribution in [-0.2, 0) is 4.74 Å². The summed E-state index contributed by atoms with van der Waals surface area (Å²) in [6, 6.07) is 0. The fourth-order valence-electron chi connectivity index (χ4n) is 2.80. The highest BCUT2D eigenvalue weighted by Crippen LogP contribution is 2.11. The first-order valence-corrected chi connectivity index (χ1v) is 9.89. The number of hydrogen-bond donors (Lipinski definition) is 0. The van der Waals surface area contributed by atoms with E-state index in [1.165, 1.54) is 70.6 Å². The van der Waals surface area contributed by atoms with Crippen LogP contribution in [0.3, 0.4) is 0 Å². The third kappa shape index (κ3) is 13.1. The van der Waals surface area contributed by atoms with Crippen LogP contribution in [0.25, 0.3) is 0 Å². The summed E-state index contributed by atoms with van der Waals surface area (Å²) in [5, 5.41) is 0. The van der Waals surface area contributed by atoms with E-state index in [0.29, 0.717) is 0 Å². The lowest BCUT2D eigenvalue weighted by molar-refractivity contribution is 0.336. The molecule has 0 saturated carbocycles.